The Hall–Kier alpha value is -1.26. The van der Waals surface area contributed by atoms with Gasteiger partial charge >= 0.3 is 0 Å². The molecule has 2 heterocycles. The number of amidine groups is 1. The van der Waals surface area contributed by atoms with E-state index in [0.29, 0.717) is 5.75 Å². The van der Waals surface area contributed by atoms with Gasteiger partial charge in [-0.15, -0.1) is 0 Å². The summed E-state index contributed by atoms with van der Waals surface area (Å²) in [5.41, 5.74) is 3.47. The molecule has 1 aliphatic carbocycles. The van der Waals surface area contributed by atoms with E-state index in [1.165, 1.54) is 23.0 Å². The third kappa shape index (κ3) is 1.75. The number of benzene rings is 1. The topological polar surface area (TPSA) is 32.7 Å². The molecule has 4 rings (SSSR count). The number of hydrogen-bond acceptors (Lipinski definition) is 3. The zero-order chi connectivity index (χ0) is 13.7. The van der Waals surface area contributed by atoms with Crippen LogP contribution in [0.4, 0.5) is 0 Å². The van der Waals surface area contributed by atoms with Crippen molar-refractivity contribution in [3.05, 3.63) is 46.1 Å². The summed E-state index contributed by atoms with van der Waals surface area (Å²) in [5, 5.41) is 1.57. The maximum atomic E-state index is 12.3. The number of thioether (sulfide) groups is 1. The first-order chi connectivity index (χ1) is 9.75. The van der Waals surface area contributed by atoms with Gasteiger partial charge in [-0.3, -0.25) is 9.69 Å². The van der Waals surface area contributed by atoms with Crippen molar-refractivity contribution in [1.82, 2.24) is 4.90 Å². The van der Waals surface area contributed by atoms with Crippen LogP contribution in [-0.4, -0.2) is 21.7 Å². The van der Waals surface area contributed by atoms with Gasteiger partial charge in [0.2, 0.25) is 5.91 Å². The van der Waals surface area contributed by atoms with Gasteiger partial charge in [-0.05, 0) is 36.5 Å². The molecular formula is C15H13ClN2OS. The van der Waals surface area contributed by atoms with Crippen molar-refractivity contribution in [3.8, 4) is 0 Å². The molecule has 0 spiro atoms. The van der Waals surface area contributed by atoms with Crippen LogP contribution in [0.1, 0.15) is 30.9 Å². The first-order valence-corrected chi connectivity index (χ1v) is 8.12. The maximum absolute atomic E-state index is 12.3. The molecule has 1 aromatic rings. The van der Waals surface area contributed by atoms with E-state index >= 15 is 0 Å². The molecule has 1 atom stereocenters. The first kappa shape index (κ1) is 12.5. The number of aliphatic imine (C=N–C) groups is 1. The zero-order valence-electron chi connectivity index (χ0n) is 10.8. The summed E-state index contributed by atoms with van der Waals surface area (Å²) >= 11 is 7.92. The second-order valence-electron chi connectivity index (χ2n) is 5.20. The van der Waals surface area contributed by atoms with E-state index in [2.05, 4.69) is 4.99 Å². The minimum absolute atomic E-state index is 0.0452. The molecule has 5 heteroatoms. The summed E-state index contributed by atoms with van der Waals surface area (Å²) in [6.45, 7) is 0. The van der Waals surface area contributed by atoms with Gasteiger partial charge in [-0.2, -0.15) is 0 Å². The number of carbonyl (C=O) groups excluding carboxylic acids is 1. The van der Waals surface area contributed by atoms with E-state index in [0.717, 1.165) is 35.0 Å². The number of nitrogens with zero attached hydrogens (tertiary/aromatic N) is 2. The van der Waals surface area contributed by atoms with Crippen LogP contribution < -0.4 is 0 Å². The van der Waals surface area contributed by atoms with E-state index < -0.39 is 0 Å². The summed E-state index contributed by atoms with van der Waals surface area (Å²) in [4.78, 5) is 18.8. The summed E-state index contributed by atoms with van der Waals surface area (Å²) in [6.07, 6.45) is 3.15. The van der Waals surface area contributed by atoms with Crippen molar-refractivity contribution in [1.29, 1.82) is 0 Å². The standard InChI is InChI=1S/C15H13ClN2OS/c16-11-6-2-1-4-9(11)14-10-5-3-7-12(10)17-15-18(14)13(19)8-20-15/h1-2,4,6,14H,3,5,7-8H2/t14-/m1/s1. The third-order valence-electron chi connectivity index (χ3n) is 4.05. The molecule has 102 valence electrons. The average Bonchev–Trinajstić information content (AvgIpc) is 3.05. The Kier molecular flexibility index (Phi) is 2.89. The average molecular weight is 305 g/mol. The number of halogens is 1. The normalized spacial score (nSPS) is 24.9. The van der Waals surface area contributed by atoms with Crippen molar-refractivity contribution in [2.75, 3.05) is 5.75 Å². The number of fused-ring (bicyclic) bond motifs is 1. The van der Waals surface area contributed by atoms with Gasteiger partial charge in [0.15, 0.2) is 5.17 Å². The predicted molar refractivity (Wildman–Crippen MR) is 81.8 cm³/mol. The largest absolute Gasteiger partial charge is 0.279 e. The van der Waals surface area contributed by atoms with Crippen molar-refractivity contribution in [3.63, 3.8) is 0 Å². The maximum Gasteiger partial charge on any atom is 0.239 e. The molecule has 1 aromatic carbocycles. The molecule has 0 unspecified atom stereocenters. The van der Waals surface area contributed by atoms with Gasteiger partial charge in [0, 0.05) is 10.7 Å². The molecule has 0 radical (unpaired) electrons. The molecule has 20 heavy (non-hydrogen) atoms. The lowest BCUT2D eigenvalue weighted by Gasteiger charge is -2.33. The Morgan fingerprint density at radius 2 is 2.15 bits per heavy atom. The summed E-state index contributed by atoms with van der Waals surface area (Å²) < 4.78 is 0. The van der Waals surface area contributed by atoms with Crippen molar-refractivity contribution in [2.45, 2.75) is 25.3 Å². The summed E-state index contributed by atoms with van der Waals surface area (Å²) in [5.74, 6) is 0.623. The van der Waals surface area contributed by atoms with Crippen molar-refractivity contribution >= 4 is 34.4 Å². The van der Waals surface area contributed by atoms with Crippen LogP contribution in [0.25, 0.3) is 0 Å². The summed E-state index contributed by atoms with van der Waals surface area (Å²) in [7, 11) is 0. The number of allylic oxidation sites excluding steroid dienone is 1. The van der Waals surface area contributed by atoms with Gasteiger partial charge in [0.1, 0.15) is 0 Å². The minimum Gasteiger partial charge on any atom is -0.279 e. The Bertz CT molecular complexity index is 668. The quantitative estimate of drug-likeness (QED) is 0.791. The molecular weight excluding hydrogens is 292 g/mol. The lowest BCUT2D eigenvalue weighted by molar-refractivity contribution is -0.125. The minimum atomic E-state index is -0.0452. The summed E-state index contributed by atoms with van der Waals surface area (Å²) in [6, 6.07) is 7.78. The molecule has 1 amide bonds. The Morgan fingerprint density at radius 1 is 1.30 bits per heavy atom. The van der Waals surface area contributed by atoms with Crippen LogP contribution in [0.5, 0.6) is 0 Å². The predicted octanol–water partition coefficient (Wildman–Crippen LogP) is 3.76. The molecule has 2 aliphatic heterocycles. The lowest BCUT2D eigenvalue weighted by Crippen LogP contribution is -2.37. The molecule has 3 aliphatic rings. The third-order valence-corrected chi connectivity index (χ3v) is 5.33. The van der Waals surface area contributed by atoms with Crippen LogP contribution in [0.2, 0.25) is 5.02 Å². The Labute approximate surface area is 126 Å². The monoisotopic (exact) mass is 304 g/mol. The van der Waals surface area contributed by atoms with Crippen molar-refractivity contribution in [2.24, 2.45) is 4.99 Å². The van der Waals surface area contributed by atoms with Gasteiger partial charge in [0.25, 0.3) is 0 Å². The number of amides is 1. The van der Waals surface area contributed by atoms with Gasteiger partial charge in [-0.25, -0.2) is 4.99 Å². The fraction of sp³-hybridized carbons (Fsp3) is 0.333. The van der Waals surface area contributed by atoms with Gasteiger partial charge in [-0.1, -0.05) is 41.6 Å². The van der Waals surface area contributed by atoms with Crippen molar-refractivity contribution < 1.29 is 4.79 Å². The van der Waals surface area contributed by atoms with E-state index in [1.54, 1.807) is 0 Å². The number of carbonyl (C=O) groups is 1. The molecule has 0 N–H and O–H groups in total. The van der Waals surface area contributed by atoms with E-state index in [1.807, 2.05) is 29.2 Å². The highest BCUT2D eigenvalue weighted by atomic mass is 35.5. The fourth-order valence-corrected chi connectivity index (χ4v) is 4.33. The highest BCUT2D eigenvalue weighted by Gasteiger charge is 2.42. The highest BCUT2D eigenvalue weighted by molar-refractivity contribution is 8.15. The van der Waals surface area contributed by atoms with Gasteiger partial charge in [0.05, 0.1) is 11.8 Å². The van der Waals surface area contributed by atoms with Crippen LogP contribution >= 0.6 is 23.4 Å². The second-order valence-corrected chi connectivity index (χ2v) is 6.55. The van der Waals surface area contributed by atoms with E-state index in [9.17, 15) is 4.79 Å². The van der Waals surface area contributed by atoms with E-state index in [4.69, 9.17) is 11.6 Å². The molecule has 0 bridgehead atoms. The van der Waals surface area contributed by atoms with Crippen LogP contribution in [0.15, 0.2) is 40.5 Å². The Morgan fingerprint density at radius 3 is 3.00 bits per heavy atom. The van der Waals surface area contributed by atoms with Crippen LogP contribution in [0.3, 0.4) is 0 Å². The molecule has 1 saturated heterocycles. The molecule has 0 saturated carbocycles. The number of hydrogen-bond donors (Lipinski definition) is 0. The fourth-order valence-electron chi connectivity index (χ4n) is 3.18. The van der Waals surface area contributed by atoms with Gasteiger partial charge < -0.3 is 0 Å². The zero-order valence-corrected chi connectivity index (χ0v) is 12.4. The smallest absolute Gasteiger partial charge is 0.239 e. The molecule has 3 nitrogen and oxygen atoms in total. The highest BCUT2D eigenvalue weighted by Crippen LogP contribution is 2.47. The SMILES string of the molecule is O=C1CSC2=NC3=C(CCC3)[C@@H](c3ccccc3Cl)N12. The lowest BCUT2D eigenvalue weighted by atomic mass is 9.95. The molecule has 0 aromatic heterocycles. The van der Waals surface area contributed by atoms with Crippen LogP contribution in [-0.2, 0) is 4.79 Å². The number of rotatable bonds is 1. The van der Waals surface area contributed by atoms with E-state index in [-0.39, 0.29) is 11.9 Å². The Balaban J connectivity index is 1.89. The molecule has 1 fully saturated rings. The van der Waals surface area contributed by atoms with Crippen LogP contribution in [0, 0.1) is 0 Å². The second kappa shape index (κ2) is 4.64. The first-order valence-electron chi connectivity index (χ1n) is 6.75.